The van der Waals surface area contributed by atoms with Gasteiger partial charge in [0.05, 0.1) is 18.8 Å². The van der Waals surface area contributed by atoms with Gasteiger partial charge in [-0.2, -0.15) is 10.2 Å². The molecule has 2 aliphatic rings. The van der Waals surface area contributed by atoms with Gasteiger partial charge in [0.1, 0.15) is 17.5 Å². The van der Waals surface area contributed by atoms with Crippen LogP contribution in [0.25, 0.3) is 0 Å². The van der Waals surface area contributed by atoms with E-state index in [1.165, 1.54) is 12.8 Å². The number of piperidine rings is 1. The molecular formula is C23H28Cl2N6O. The van der Waals surface area contributed by atoms with E-state index in [1.54, 1.807) is 18.3 Å². The maximum Gasteiger partial charge on any atom is 0.227 e. The largest absolute Gasteiger partial charge is 0.395 e. The second-order valence-corrected chi connectivity index (χ2v) is 9.51. The van der Waals surface area contributed by atoms with Gasteiger partial charge in [-0.05, 0) is 55.8 Å². The first-order chi connectivity index (χ1) is 15.5. The molecule has 170 valence electrons. The Labute approximate surface area is 199 Å². The third-order valence-corrected chi connectivity index (χ3v) is 7.06. The summed E-state index contributed by atoms with van der Waals surface area (Å²) < 4.78 is 0. The average Bonchev–Trinajstić information content (AvgIpc) is 2.73. The van der Waals surface area contributed by atoms with Crippen molar-refractivity contribution in [2.75, 3.05) is 49.5 Å². The number of aliphatic hydroxyl groups excluding tert-OH is 1. The molecule has 2 aromatic rings. The average molecular weight is 475 g/mol. The van der Waals surface area contributed by atoms with E-state index in [2.05, 4.69) is 31.2 Å². The van der Waals surface area contributed by atoms with E-state index in [-0.39, 0.29) is 12.6 Å². The van der Waals surface area contributed by atoms with Crippen LogP contribution in [0.4, 0.5) is 11.8 Å². The predicted molar refractivity (Wildman–Crippen MR) is 127 cm³/mol. The summed E-state index contributed by atoms with van der Waals surface area (Å²) in [6.45, 7) is 6.92. The lowest BCUT2D eigenvalue weighted by molar-refractivity contribution is 0.101. The Morgan fingerprint density at radius 2 is 2.09 bits per heavy atom. The number of aromatic nitrogens is 2. The molecule has 0 bridgehead atoms. The van der Waals surface area contributed by atoms with Crippen molar-refractivity contribution >= 4 is 35.0 Å². The summed E-state index contributed by atoms with van der Waals surface area (Å²) in [7, 11) is 0. The number of anilines is 2. The summed E-state index contributed by atoms with van der Waals surface area (Å²) in [5.74, 6) is 2.40. The molecule has 2 fully saturated rings. The Morgan fingerprint density at radius 1 is 1.28 bits per heavy atom. The van der Waals surface area contributed by atoms with Gasteiger partial charge in [-0.25, -0.2) is 4.98 Å². The Kier molecular flexibility index (Phi) is 7.37. The van der Waals surface area contributed by atoms with E-state index in [4.69, 9.17) is 23.2 Å². The van der Waals surface area contributed by atoms with Gasteiger partial charge in [0.2, 0.25) is 5.95 Å². The van der Waals surface area contributed by atoms with Crippen LogP contribution >= 0.6 is 23.2 Å². The van der Waals surface area contributed by atoms with Crippen LogP contribution in [0.3, 0.4) is 0 Å². The summed E-state index contributed by atoms with van der Waals surface area (Å²) in [6.07, 6.45) is 4.01. The first kappa shape index (κ1) is 23.1. The third-order valence-electron chi connectivity index (χ3n) is 6.50. The lowest BCUT2D eigenvalue weighted by atomic mass is 9.81. The molecule has 2 atom stereocenters. The van der Waals surface area contributed by atoms with Crippen molar-refractivity contribution < 1.29 is 5.11 Å². The molecule has 0 saturated carbocycles. The molecular weight excluding hydrogens is 447 g/mol. The van der Waals surface area contributed by atoms with Crippen LogP contribution in [-0.4, -0.2) is 59.3 Å². The quantitative estimate of drug-likeness (QED) is 0.627. The van der Waals surface area contributed by atoms with Crippen molar-refractivity contribution in [3.8, 4) is 6.07 Å². The number of hydrogen-bond donors (Lipinski definition) is 2. The molecule has 2 N–H and O–H groups in total. The van der Waals surface area contributed by atoms with Crippen LogP contribution in [0.1, 0.15) is 36.9 Å². The molecule has 2 saturated heterocycles. The monoisotopic (exact) mass is 474 g/mol. The fourth-order valence-corrected chi connectivity index (χ4v) is 5.22. The highest BCUT2D eigenvalue weighted by Crippen LogP contribution is 2.34. The summed E-state index contributed by atoms with van der Waals surface area (Å²) in [4.78, 5) is 13.6. The van der Waals surface area contributed by atoms with Crippen LogP contribution in [0.2, 0.25) is 10.0 Å². The van der Waals surface area contributed by atoms with Gasteiger partial charge >= 0.3 is 0 Å². The molecule has 3 heterocycles. The van der Waals surface area contributed by atoms with Crippen LogP contribution in [0.15, 0.2) is 24.4 Å². The molecule has 4 rings (SSSR count). The van der Waals surface area contributed by atoms with Crippen LogP contribution in [-0.2, 0) is 0 Å². The zero-order chi connectivity index (χ0) is 22.7. The van der Waals surface area contributed by atoms with Crippen molar-refractivity contribution in [2.45, 2.75) is 25.8 Å². The highest BCUT2D eigenvalue weighted by molar-refractivity contribution is 6.35. The second kappa shape index (κ2) is 10.2. The Balaban J connectivity index is 1.42. The number of benzene rings is 1. The third kappa shape index (κ3) is 5.10. The number of nitrogens with zero attached hydrogens (tertiary/aromatic N) is 5. The Bertz CT molecular complexity index is 989. The molecule has 1 aromatic heterocycles. The summed E-state index contributed by atoms with van der Waals surface area (Å²) in [6, 6.07) is 7.40. The van der Waals surface area contributed by atoms with Crippen LogP contribution in [0, 0.1) is 23.2 Å². The van der Waals surface area contributed by atoms with E-state index < -0.39 is 0 Å². The number of aliphatic hydroxyl groups is 1. The normalized spacial score (nSPS) is 20.5. The van der Waals surface area contributed by atoms with Gasteiger partial charge in [0.25, 0.3) is 0 Å². The first-order valence-electron chi connectivity index (χ1n) is 11.0. The van der Waals surface area contributed by atoms with Gasteiger partial charge in [-0.3, -0.25) is 0 Å². The van der Waals surface area contributed by atoms with Crippen molar-refractivity contribution in [1.82, 2.24) is 14.9 Å². The fourth-order valence-electron chi connectivity index (χ4n) is 4.65. The van der Waals surface area contributed by atoms with Gasteiger partial charge in [0, 0.05) is 36.2 Å². The molecule has 2 aliphatic heterocycles. The number of nitrogens with one attached hydrogen (secondary N) is 1. The van der Waals surface area contributed by atoms with E-state index in [1.807, 2.05) is 13.0 Å². The molecule has 2 unspecified atom stereocenters. The van der Waals surface area contributed by atoms with Crippen LogP contribution in [0.5, 0.6) is 0 Å². The molecule has 7 nitrogen and oxygen atoms in total. The topological polar surface area (TPSA) is 88.3 Å². The van der Waals surface area contributed by atoms with Gasteiger partial charge in [0.15, 0.2) is 0 Å². The van der Waals surface area contributed by atoms with Gasteiger partial charge in [-0.15, -0.1) is 0 Å². The van der Waals surface area contributed by atoms with Crippen molar-refractivity contribution in [1.29, 1.82) is 5.26 Å². The second-order valence-electron chi connectivity index (χ2n) is 8.67. The van der Waals surface area contributed by atoms with E-state index in [0.29, 0.717) is 39.2 Å². The minimum Gasteiger partial charge on any atom is -0.395 e. The minimum absolute atomic E-state index is 0.154. The van der Waals surface area contributed by atoms with E-state index in [0.717, 1.165) is 38.3 Å². The smallest absolute Gasteiger partial charge is 0.227 e. The minimum atomic E-state index is -0.154. The molecule has 0 radical (unpaired) electrons. The molecule has 0 amide bonds. The zero-order valence-corrected chi connectivity index (χ0v) is 19.6. The molecule has 0 aliphatic carbocycles. The number of halogens is 2. The van der Waals surface area contributed by atoms with Crippen LogP contribution < -0.4 is 10.2 Å². The number of likely N-dealkylation sites (tertiary alicyclic amines) is 1. The molecule has 0 spiro atoms. The SMILES string of the molecule is CC(Nc1nc(N2CC(C3CCCN(CCO)C3)C2)ncc1C#N)c1ccc(Cl)cc1Cl. The first-order valence-corrected chi connectivity index (χ1v) is 11.8. The highest BCUT2D eigenvalue weighted by atomic mass is 35.5. The number of nitriles is 1. The Morgan fingerprint density at radius 3 is 2.81 bits per heavy atom. The lowest BCUT2D eigenvalue weighted by Gasteiger charge is -2.46. The van der Waals surface area contributed by atoms with Gasteiger partial charge in [-0.1, -0.05) is 29.3 Å². The molecule has 9 heteroatoms. The number of hydrogen-bond acceptors (Lipinski definition) is 7. The molecule has 32 heavy (non-hydrogen) atoms. The summed E-state index contributed by atoms with van der Waals surface area (Å²) in [5, 5.41) is 23.2. The number of β-amino-alcohol motifs (C(OH)–C–C–N with tert-alkyl or cyclic N) is 1. The summed E-state index contributed by atoms with van der Waals surface area (Å²) in [5.41, 5.74) is 1.28. The van der Waals surface area contributed by atoms with E-state index in [9.17, 15) is 10.4 Å². The van der Waals surface area contributed by atoms with Crippen molar-refractivity contribution in [3.05, 3.63) is 45.6 Å². The predicted octanol–water partition coefficient (Wildman–Crippen LogP) is 3.97. The number of rotatable bonds is 7. The zero-order valence-electron chi connectivity index (χ0n) is 18.1. The van der Waals surface area contributed by atoms with Crippen molar-refractivity contribution in [3.63, 3.8) is 0 Å². The summed E-state index contributed by atoms with van der Waals surface area (Å²) >= 11 is 12.4. The van der Waals surface area contributed by atoms with Crippen molar-refractivity contribution in [2.24, 2.45) is 11.8 Å². The maximum atomic E-state index is 9.52. The molecule has 1 aromatic carbocycles. The van der Waals surface area contributed by atoms with Gasteiger partial charge < -0.3 is 20.2 Å². The fraction of sp³-hybridized carbons (Fsp3) is 0.522. The lowest BCUT2D eigenvalue weighted by Crippen LogP contribution is -2.54. The maximum absolute atomic E-state index is 9.52. The standard InChI is InChI=1S/C23H28Cl2N6O/c1-15(20-5-4-19(24)9-21(20)25)28-22-17(10-26)11-27-23(29-22)31-13-18(14-31)16-3-2-6-30(12-16)7-8-32/h4-5,9,11,15-16,18,32H,2-3,6-8,12-14H2,1H3,(H,27,28,29). The highest BCUT2D eigenvalue weighted by Gasteiger charge is 2.37. The Hall–Kier alpha value is -2.11. The van der Waals surface area contributed by atoms with E-state index >= 15 is 0 Å².